The van der Waals surface area contributed by atoms with Crippen molar-refractivity contribution in [2.75, 3.05) is 17.7 Å². The normalized spacial score (nSPS) is 16.9. The SMILES string of the molecule is CNc1cc(-c2ccnc(C)c2)c(Nc2cccc3c2C(=O)N([C@@H]2CCC(=O)NC2=O)C3=O)cc1C=N. The van der Waals surface area contributed by atoms with Crippen LogP contribution in [0.4, 0.5) is 17.1 Å². The third kappa shape index (κ3) is 4.12. The van der Waals surface area contributed by atoms with Gasteiger partial charge in [0.25, 0.3) is 11.8 Å². The van der Waals surface area contributed by atoms with E-state index in [0.717, 1.165) is 27.4 Å². The molecule has 4 N–H and O–H groups in total. The Morgan fingerprint density at radius 2 is 1.84 bits per heavy atom. The quantitative estimate of drug-likeness (QED) is 0.303. The first-order chi connectivity index (χ1) is 17.8. The third-order valence-corrected chi connectivity index (χ3v) is 6.56. The van der Waals surface area contributed by atoms with Gasteiger partial charge in [0.2, 0.25) is 11.8 Å². The number of fused-ring (bicyclic) bond motifs is 1. The molecular formula is C27H24N6O4. The minimum absolute atomic E-state index is 0.0494. The van der Waals surface area contributed by atoms with Crippen LogP contribution in [-0.4, -0.2) is 52.8 Å². The van der Waals surface area contributed by atoms with Crippen LogP contribution in [0.2, 0.25) is 0 Å². The lowest BCUT2D eigenvalue weighted by Gasteiger charge is -2.27. The molecule has 0 unspecified atom stereocenters. The number of amides is 4. The maximum atomic E-state index is 13.5. The van der Waals surface area contributed by atoms with Crippen LogP contribution in [0.1, 0.15) is 44.8 Å². The molecule has 3 aromatic rings. The molecule has 1 fully saturated rings. The number of rotatable bonds is 6. The van der Waals surface area contributed by atoms with E-state index in [9.17, 15) is 19.2 Å². The van der Waals surface area contributed by atoms with Gasteiger partial charge in [0.15, 0.2) is 0 Å². The second kappa shape index (κ2) is 9.30. The summed E-state index contributed by atoms with van der Waals surface area (Å²) in [6, 6.07) is 11.3. The maximum absolute atomic E-state index is 13.5. The summed E-state index contributed by atoms with van der Waals surface area (Å²) < 4.78 is 0. The van der Waals surface area contributed by atoms with Crippen LogP contribution >= 0.6 is 0 Å². The molecule has 10 heteroatoms. The molecule has 1 saturated heterocycles. The second-order valence-electron chi connectivity index (χ2n) is 8.87. The fourth-order valence-electron chi connectivity index (χ4n) is 4.77. The smallest absolute Gasteiger partial charge is 0.264 e. The molecule has 5 rings (SSSR count). The summed E-state index contributed by atoms with van der Waals surface area (Å²) >= 11 is 0. The molecule has 2 aromatic carbocycles. The van der Waals surface area contributed by atoms with Gasteiger partial charge in [-0.25, -0.2) is 0 Å². The van der Waals surface area contributed by atoms with Gasteiger partial charge >= 0.3 is 0 Å². The summed E-state index contributed by atoms with van der Waals surface area (Å²) in [5.41, 5.74) is 5.23. The first kappa shape index (κ1) is 23.9. The molecule has 3 heterocycles. The van der Waals surface area contributed by atoms with E-state index in [2.05, 4.69) is 20.9 Å². The fourth-order valence-corrected chi connectivity index (χ4v) is 4.77. The zero-order chi connectivity index (χ0) is 26.3. The van der Waals surface area contributed by atoms with E-state index in [4.69, 9.17) is 5.41 Å². The summed E-state index contributed by atoms with van der Waals surface area (Å²) in [6.07, 6.45) is 3.07. The van der Waals surface area contributed by atoms with Crippen molar-refractivity contribution >= 4 is 46.9 Å². The molecule has 1 atom stereocenters. The zero-order valence-electron chi connectivity index (χ0n) is 20.2. The number of anilines is 3. The number of piperidine rings is 1. The van der Waals surface area contributed by atoms with Crippen molar-refractivity contribution in [1.29, 1.82) is 5.41 Å². The summed E-state index contributed by atoms with van der Waals surface area (Å²) in [5, 5.41) is 16.5. The number of hydrogen-bond acceptors (Lipinski definition) is 8. The lowest BCUT2D eigenvalue weighted by molar-refractivity contribution is -0.136. The van der Waals surface area contributed by atoms with Gasteiger partial charge in [-0.05, 0) is 55.3 Å². The number of benzene rings is 2. The monoisotopic (exact) mass is 496 g/mol. The van der Waals surface area contributed by atoms with Crippen LogP contribution in [0.15, 0.2) is 48.7 Å². The van der Waals surface area contributed by atoms with E-state index in [1.165, 1.54) is 6.21 Å². The Kier molecular flexibility index (Phi) is 6.00. The number of carbonyl (C=O) groups excluding carboxylic acids is 4. The number of pyridine rings is 1. The summed E-state index contributed by atoms with van der Waals surface area (Å²) in [4.78, 5) is 56.0. The molecular weight excluding hydrogens is 472 g/mol. The molecule has 1 aromatic heterocycles. The van der Waals surface area contributed by atoms with Gasteiger partial charge in [-0.2, -0.15) is 0 Å². The molecule has 0 radical (unpaired) electrons. The number of nitrogens with one attached hydrogen (secondary N) is 4. The topological polar surface area (TPSA) is 144 Å². The number of imide groups is 2. The highest BCUT2D eigenvalue weighted by molar-refractivity contribution is 6.25. The van der Waals surface area contributed by atoms with Crippen LogP contribution < -0.4 is 16.0 Å². The Morgan fingerprint density at radius 3 is 2.54 bits per heavy atom. The molecule has 0 bridgehead atoms. The van der Waals surface area contributed by atoms with Crippen molar-refractivity contribution in [2.45, 2.75) is 25.8 Å². The molecule has 2 aliphatic heterocycles. The van der Waals surface area contributed by atoms with Crippen LogP contribution in [0.3, 0.4) is 0 Å². The molecule has 2 aliphatic rings. The van der Waals surface area contributed by atoms with Gasteiger partial charge in [0.1, 0.15) is 6.04 Å². The van der Waals surface area contributed by atoms with Gasteiger partial charge in [-0.1, -0.05) is 6.07 Å². The van der Waals surface area contributed by atoms with Crippen molar-refractivity contribution < 1.29 is 19.2 Å². The highest BCUT2D eigenvalue weighted by atomic mass is 16.2. The second-order valence-corrected chi connectivity index (χ2v) is 8.87. The van der Waals surface area contributed by atoms with Crippen molar-refractivity contribution in [3.8, 4) is 11.1 Å². The van der Waals surface area contributed by atoms with E-state index in [-0.39, 0.29) is 24.0 Å². The predicted molar refractivity (Wildman–Crippen MR) is 138 cm³/mol. The van der Waals surface area contributed by atoms with E-state index in [0.29, 0.717) is 16.9 Å². The Labute approximate surface area is 212 Å². The van der Waals surface area contributed by atoms with Crippen LogP contribution in [0, 0.1) is 12.3 Å². The van der Waals surface area contributed by atoms with Crippen molar-refractivity contribution in [3.05, 3.63) is 71.0 Å². The Morgan fingerprint density at radius 1 is 1.03 bits per heavy atom. The van der Waals surface area contributed by atoms with Crippen LogP contribution in [0.5, 0.6) is 0 Å². The molecule has 10 nitrogen and oxygen atoms in total. The molecule has 0 spiro atoms. The average Bonchev–Trinajstić information content (AvgIpc) is 3.14. The Bertz CT molecular complexity index is 1500. The highest BCUT2D eigenvalue weighted by Gasteiger charge is 2.45. The minimum atomic E-state index is -1.05. The van der Waals surface area contributed by atoms with E-state index < -0.39 is 29.7 Å². The van der Waals surface area contributed by atoms with Gasteiger partial charge in [0, 0.05) is 54.1 Å². The lowest BCUT2D eigenvalue weighted by Crippen LogP contribution is -2.54. The molecule has 37 heavy (non-hydrogen) atoms. The van der Waals surface area contributed by atoms with Crippen LogP contribution in [-0.2, 0) is 9.59 Å². The Hall–Kier alpha value is -4.86. The van der Waals surface area contributed by atoms with Gasteiger partial charge in [-0.3, -0.25) is 34.4 Å². The summed E-state index contributed by atoms with van der Waals surface area (Å²) in [7, 11) is 1.77. The first-order valence-corrected chi connectivity index (χ1v) is 11.7. The molecule has 4 amide bonds. The number of nitrogens with zero attached hydrogens (tertiary/aromatic N) is 2. The van der Waals surface area contributed by atoms with Crippen LogP contribution in [0.25, 0.3) is 11.1 Å². The number of hydrogen-bond donors (Lipinski definition) is 4. The van der Waals surface area contributed by atoms with Gasteiger partial charge in [0.05, 0.1) is 16.8 Å². The van der Waals surface area contributed by atoms with Gasteiger partial charge < -0.3 is 16.0 Å². The average molecular weight is 497 g/mol. The lowest BCUT2D eigenvalue weighted by atomic mass is 9.99. The fraction of sp³-hybridized carbons (Fsp3) is 0.185. The van der Waals surface area contributed by atoms with E-state index in [1.54, 1.807) is 37.5 Å². The Balaban J connectivity index is 1.58. The standard InChI is InChI=1S/C27H24N6O4/c1-14-10-15(8-9-30-14)18-12-20(29-2)16(13-28)11-21(18)31-19-5-3-4-17-24(19)27(37)33(26(17)36)22-6-7-23(34)32-25(22)35/h3-5,8-13,22,28-29,31H,6-7H2,1-2H3,(H,32,34,35)/t22-/m1/s1. The zero-order valence-corrected chi connectivity index (χ0v) is 20.2. The van der Waals surface area contributed by atoms with Crippen molar-refractivity contribution in [1.82, 2.24) is 15.2 Å². The summed E-state index contributed by atoms with van der Waals surface area (Å²) in [6.45, 7) is 1.89. The molecule has 0 aliphatic carbocycles. The minimum Gasteiger partial charge on any atom is -0.388 e. The summed E-state index contributed by atoms with van der Waals surface area (Å²) in [5.74, 6) is -2.26. The van der Waals surface area contributed by atoms with E-state index in [1.807, 2.05) is 25.1 Å². The highest BCUT2D eigenvalue weighted by Crippen LogP contribution is 2.38. The van der Waals surface area contributed by atoms with Gasteiger partial charge in [-0.15, -0.1) is 0 Å². The van der Waals surface area contributed by atoms with E-state index >= 15 is 0 Å². The maximum Gasteiger partial charge on any atom is 0.264 e. The van der Waals surface area contributed by atoms with Crippen molar-refractivity contribution in [3.63, 3.8) is 0 Å². The number of aromatic nitrogens is 1. The third-order valence-electron chi connectivity index (χ3n) is 6.56. The molecule has 186 valence electrons. The number of aryl methyl sites for hydroxylation is 1. The predicted octanol–water partition coefficient (Wildman–Crippen LogP) is 3.24. The first-order valence-electron chi connectivity index (χ1n) is 11.7. The van der Waals surface area contributed by atoms with Crippen molar-refractivity contribution in [2.24, 2.45) is 0 Å². The largest absolute Gasteiger partial charge is 0.388 e. The number of carbonyl (C=O) groups is 4. The molecule has 0 saturated carbocycles.